The number of hydrogen-bond donors (Lipinski definition) is 0. The van der Waals surface area contributed by atoms with Crippen LogP contribution in [-0.2, 0) is 6.42 Å². The topological polar surface area (TPSA) is 12.9 Å². The summed E-state index contributed by atoms with van der Waals surface area (Å²) in [5, 5.41) is 0. The zero-order valence-corrected chi connectivity index (χ0v) is 13.5. The van der Waals surface area contributed by atoms with Gasteiger partial charge < -0.3 is 0 Å². The molecule has 2 aliphatic carbocycles. The van der Waals surface area contributed by atoms with Crippen LogP contribution in [0.3, 0.4) is 0 Å². The van der Waals surface area contributed by atoms with Gasteiger partial charge in [-0.2, -0.15) is 0 Å². The Morgan fingerprint density at radius 2 is 1.33 bits per heavy atom. The molecule has 1 aromatic rings. The molecule has 21 heavy (non-hydrogen) atoms. The summed E-state index contributed by atoms with van der Waals surface area (Å²) in [5.74, 6) is 3.06. The zero-order valence-electron chi connectivity index (χ0n) is 13.5. The Morgan fingerprint density at radius 3 is 1.86 bits per heavy atom. The maximum absolute atomic E-state index is 4.15. The average molecular weight is 285 g/mol. The normalized spacial score (nSPS) is 21.8. The van der Waals surface area contributed by atoms with Gasteiger partial charge in [-0.25, -0.2) is 0 Å². The molecule has 116 valence electrons. The third kappa shape index (κ3) is 4.31. The van der Waals surface area contributed by atoms with Gasteiger partial charge in [-0.3, -0.25) is 4.98 Å². The maximum Gasteiger partial charge on any atom is 0.0270 e. The molecule has 2 fully saturated rings. The highest BCUT2D eigenvalue weighted by atomic mass is 14.6. The lowest BCUT2D eigenvalue weighted by Gasteiger charge is -2.38. The number of rotatable bonds is 5. The fourth-order valence-corrected chi connectivity index (χ4v) is 4.86. The van der Waals surface area contributed by atoms with Crippen LogP contribution in [0.15, 0.2) is 24.5 Å². The third-order valence-corrected chi connectivity index (χ3v) is 6.03. The lowest BCUT2D eigenvalue weighted by atomic mass is 9.68. The molecule has 0 N–H and O–H groups in total. The highest BCUT2D eigenvalue weighted by molar-refractivity contribution is 5.09. The van der Waals surface area contributed by atoms with E-state index in [1.54, 1.807) is 0 Å². The Balaban J connectivity index is 1.62. The van der Waals surface area contributed by atoms with Crippen molar-refractivity contribution in [2.24, 2.45) is 17.8 Å². The molecular formula is C20H31N. The fraction of sp³-hybridized carbons (Fsp3) is 0.750. The van der Waals surface area contributed by atoms with Crippen molar-refractivity contribution in [2.45, 2.75) is 77.0 Å². The summed E-state index contributed by atoms with van der Waals surface area (Å²) in [6.07, 6.45) is 21.6. The molecular weight excluding hydrogens is 254 g/mol. The fourth-order valence-electron chi connectivity index (χ4n) is 4.86. The molecule has 0 aliphatic heterocycles. The van der Waals surface area contributed by atoms with Crippen molar-refractivity contribution in [2.75, 3.05) is 0 Å². The summed E-state index contributed by atoms with van der Waals surface area (Å²) in [5.41, 5.74) is 1.49. The first-order chi connectivity index (χ1) is 10.4. The summed E-state index contributed by atoms with van der Waals surface area (Å²) in [6, 6.07) is 4.41. The second kappa shape index (κ2) is 7.96. The van der Waals surface area contributed by atoms with E-state index in [4.69, 9.17) is 0 Å². The van der Waals surface area contributed by atoms with E-state index in [1.165, 1.54) is 82.6 Å². The van der Waals surface area contributed by atoms with Crippen LogP contribution in [0.5, 0.6) is 0 Å². The molecule has 0 unspecified atom stereocenters. The molecule has 1 aromatic heterocycles. The highest BCUT2D eigenvalue weighted by Crippen LogP contribution is 2.42. The van der Waals surface area contributed by atoms with Crippen LogP contribution in [0.25, 0.3) is 0 Å². The van der Waals surface area contributed by atoms with E-state index in [1.807, 2.05) is 12.4 Å². The Labute approximate surface area is 130 Å². The van der Waals surface area contributed by atoms with Gasteiger partial charge in [-0.05, 0) is 48.3 Å². The minimum atomic E-state index is 0.999. The van der Waals surface area contributed by atoms with Gasteiger partial charge in [0.1, 0.15) is 0 Å². The number of aromatic nitrogens is 1. The van der Waals surface area contributed by atoms with Crippen molar-refractivity contribution < 1.29 is 0 Å². The Bertz CT molecular complexity index is 370. The first-order valence-corrected chi connectivity index (χ1v) is 9.32. The molecule has 2 saturated carbocycles. The lowest BCUT2D eigenvalue weighted by Crippen LogP contribution is -2.27. The molecule has 2 aliphatic rings. The van der Waals surface area contributed by atoms with Crippen molar-refractivity contribution in [3.05, 3.63) is 30.1 Å². The number of nitrogens with zero attached hydrogens (tertiary/aromatic N) is 1. The van der Waals surface area contributed by atoms with E-state index in [-0.39, 0.29) is 0 Å². The van der Waals surface area contributed by atoms with E-state index in [9.17, 15) is 0 Å². The molecule has 1 nitrogen and oxygen atoms in total. The van der Waals surface area contributed by atoms with Crippen LogP contribution in [0.2, 0.25) is 0 Å². The predicted octanol–water partition coefficient (Wildman–Crippen LogP) is 5.79. The van der Waals surface area contributed by atoms with E-state index >= 15 is 0 Å². The Kier molecular flexibility index (Phi) is 5.71. The second-order valence-corrected chi connectivity index (χ2v) is 7.35. The largest absolute Gasteiger partial charge is 0.265 e. The van der Waals surface area contributed by atoms with Gasteiger partial charge in [0.15, 0.2) is 0 Å². The van der Waals surface area contributed by atoms with Gasteiger partial charge in [-0.15, -0.1) is 0 Å². The summed E-state index contributed by atoms with van der Waals surface area (Å²) < 4.78 is 0. The van der Waals surface area contributed by atoms with E-state index < -0.39 is 0 Å². The number of pyridine rings is 1. The van der Waals surface area contributed by atoms with Crippen molar-refractivity contribution >= 4 is 0 Å². The zero-order chi connectivity index (χ0) is 14.3. The van der Waals surface area contributed by atoms with Crippen molar-refractivity contribution in [3.8, 4) is 0 Å². The molecule has 0 radical (unpaired) electrons. The van der Waals surface area contributed by atoms with Gasteiger partial charge in [0.05, 0.1) is 0 Å². The minimum absolute atomic E-state index is 0.999. The van der Waals surface area contributed by atoms with Crippen LogP contribution in [0.1, 0.15) is 76.2 Å². The molecule has 0 amide bonds. The molecule has 1 heterocycles. The van der Waals surface area contributed by atoms with E-state index in [2.05, 4.69) is 17.1 Å². The standard InChI is InChI=1S/C20H31N/c1-3-7-18(8-4-1)20(19-9-5-2-6-10-19)12-11-17-13-15-21-16-14-17/h13-16,18-20H,1-12H2. The van der Waals surface area contributed by atoms with Crippen LogP contribution in [-0.4, -0.2) is 4.98 Å². The first-order valence-electron chi connectivity index (χ1n) is 9.32. The molecule has 0 aromatic carbocycles. The molecule has 0 bridgehead atoms. The van der Waals surface area contributed by atoms with Gasteiger partial charge in [-0.1, -0.05) is 64.2 Å². The SMILES string of the molecule is c1cc(CCC(C2CCCCC2)C2CCCCC2)ccn1. The first kappa shape index (κ1) is 15.1. The Morgan fingerprint density at radius 1 is 0.810 bits per heavy atom. The molecule has 0 spiro atoms. The smallest absolute Gasteiger partial charge is 0.0270 e. The van der Waals surface area contributed by atoms with Crippen molar-refractivity contribution in [1.82, 2.24) is 4.98 Å². The summed E-state index contributed by atoms with van der Waals surface area (Å²) >= 11 is 0. The predicted molar refractivity (Wildman–Crippen MR) is 89.2 cm³/mol. The van der Waals surface area contributed by atoms with Crippen molar-refractivity contribution in [3.63, 3.8) is 0 Å². The van der Waals surface area contributed by atoms with Crippen LogP contribution in [0, 0.1) is 17.8 Å². The quantitative estimate of drug-likeness (QED) is 0.667. The molecule has 0 atom stereocenters. The van der Waals surface area contributed by atoms with Crippen molar-refractivity contribution in [1.29, 1.82) is 0 Å². The minimum Gasteiger partial charge on any atom is -0.265 e. The van der Waals surface area contributed by atoms with Gasteiger partial charge in [0, 0.05) is 12.4 Å². The second-order valence-electron chi connectivity index (χ2n) is 7.35. The summed E-state index contributed by atoms with van der Waals surface area (Å²) in [7, 11) is 0. The third-order valence-electron chi connectivity index (χ3n) is 6.03. The van der Waals surface area contributed by atoms with Crippen LogP contribution in [0.4, 0.5) is 0 Å². The Hall–Kier alpha value is -0.850. The van der Waals surface area contributed by atoms with Gasteiger partial charge in [0.25, 0.3) is 0 Å². The molecule has 1 heteroatoms. The highest BCUT2D eigenvalue weighted by Gasteiger charge is 2.30. The van der Waals surface area contributed by atoms with E-state index in [0.29, 0.717) is 0 Å². The average Bonchev–Trinajstić information content (AvgIpc) is 2.58. The monoisotopic (exact) mass is 285 g/mol. The van der Waals surface area contributed by atoms with Gasteiger partial charge in [0.2, 0.25) is 0 Å². The van der Waals surface area contributed by atoms with Crippen LogP contribution < -0.4 is 0 Å². The molecule has 0 saturated heterocycles. The van der Waals surface area contributed by atoms with Gasteiger partial charge >= 0.3 is 0 Å². The number of aryl methyl sites for hydroxylation is 1. The summed E-state index contributed by atoms with van der Waals surface area (Å²) in [4.78, 5) is 4.15. The maximum atomic E-state index is 4.15. The van der Waals surface area contributed by atoms with Crippen LogP contribution >= 0.6 is 0 Å². The van der Waals surface area contributed by atoms with E-state index in [0.717, 1.165) is 17.8 Å². The molecule has 3 rings (SSSR count). The lowest BCUT2D eigenvalue weighted by molar-refractivity contribution is 0.135. The summed E-state index contributed by atoms with van der Waals surface area (Å²) in [6.45, 7) is 0. The number of hydrogen-bond acceptors (Lipinski definition) is 1.